The van der Waals surface area contributed by atoms with Crippen LogP contribution < -0.4 is 15.0 Å². The van der Waals surface area contributed by atoms with E-state index in [1.54, 1.807) is 19.2 Å². The molecule has 1 aromatic heterocycles. The molecule has 0 aliphatic carbocycles. The Kier molecular flexibility index (Phi) is 6.16. The highest BCUT2D eigenvalue weighted by Gasteiger charge is 2.23. The van der Waals surface area contributed by atoms with Crippen molar-refractivity contribution in [1.29, 1.82) is 0 Å². The van der Waals surface area contributed by atoms with Gasteiger partial charge in [0.05, 0.1) is 19.3 Å². The SMILES string of the molecule is COc1ccc(CC(C)Nc2cc(F)cc(N3C[C@@H](C)O[C@@H](C)C3)c2)cn1. The van der Waals surface area contributed by atoms with Crippen LogP contribution in [0.3, 0.4) is 0 Å². The Morgan fingerprint density at radius 3 is 2.63 bits per heavy atom. The number of nitrogens with one attached hydrogen (secondary N) is 1. The molecule has 1 aromatic carbocycles. The molecule has 1 aliphatic heterocycles. The van der Waals surface area contributed by atoms with E-state index in [4.69, 9.17) is 9.47 Å². The Balaban J connectivity index is 1.68. The summed E-state index contributed by atoms with van der Waals surface area (Å²) in [5.41, 5.74) is 2.77. The largest absolute Gasteiger partial charge is 0.481 e. The second-order valence-electron chi connectivity index (χ2n) is 7.32. The van der Waals surface area contributed by atoms with Gasteiger partial charge >= 0.3 is 0 Å². The number of hydrogen-bond acceptors (Lipinski definition) is 5. The first kappa shape index (κ1) is 19.4. The quantitative estimate of drug-likeness (QED) is 0.832. The first-order valence-corrected chi connectivity index (χ1v) is 9.39. The van der Waals surface area contributed by atoms with Crippen molar-refractivity contribution in [2.24, 2.45) is 0 Å². The molecule has 1 aliphatic rings. The minimum Gasteiger partial charge on any atom is -0.481 e. The highest BCUT2D eigenvalue weighted by molar-refractivity contribution is 5.59. The minimum atomic E-state index is -0.236. The summed E-state index contributed by atoms with van der Waals surface area (Å²) in [7, 11) is 1.60. The first-order chi connectivity index (χ1) is 12.9. The molecule has 2 heterocycles. The molecule has 1 unspecified atom stereocenters. The fourth-order valence-electron chi connectivity index (χ4n) is 3.57. The molecule has 0 radical (unpaired) electrons. The summed E-state index contributed by atoms with van der Waals surface area (Å²) in [5.74, 6) is 0.364. The third-order valence-corrected chi connectivity index (χ3v) is 4.63. The fourth-order valence-corrected chi connectivity index (χ4v) is 3.57. The number of methoxy groups -OCH3 is 1. The Morgan fingerprint density at radius 1 is 1.26 bits per heavy atom. The maximum atomic E-state index is 14.2. The zero-order valence-corrected chi connectivity index (χ0v) is 16.4. The molecule has 1 N–H and O–H groups in total. The van der Waals surface area contributed by atoms with Crippen molar-refractivity contribution < 1.29 is 13.9 Å². The summed E-state index contributed by atoms with van der Waals surface area (Å²) in [5, 5.41) is 3.40. The molecule has 0 spiro atoms. The highest BCUT2D eigenvalue weighted by Crippen LogP contribution is 2.26. The van der Waals surface area contributed by atoms with Crippen molar-refractivity contribution in [1.82, 2.24) is 4.98 Å². The van der Waals surface area contributed by atoms with Crippen LogP contribution in [0.2, 0.25) is 0 Å². The van der Waals surface area contributed by atoms with Crippen molar-refractivity contribution in [2.45, 2.75) is 45.4 Å². The predicted molar refractivity (Wildman–Crippen MR) is 106 cm³/mol. The number of pyridine rings is 1. The topological polar surface area (TPSA) is 46.6 Å². The summed E-state index contributed by atoms with van der Waals surface area (Å²) in [4.78, 5) is 6.42. The number of hydrogen-bond donors (Lipinski definition) is 1. The summed E-state index contributed by atoms with van der Waals surface area (Å²) < 4.78 is 25.1. The van der Waals surface area contributed by atoms with Crippen molar-refractivity contribution in [3.05, 3.63) is 47.9 Å². The number of anilines is 2. The average molecular weight is 373 g/mol. The fraction of sp³-hybridized carbons (Fsp3) is 0.476. The van der Waals surface area contributed by atoms with Crippen LogP contribution in [0.25, 0.3) is 0 Å². The number of ether oxygens (including phenoxy) is 2. The molecular weight excluding hydrogens is 345 g/mol. The summed E-state index contributed by atoms with van der Waals surface area (Å²) >= 11 is 0. The van der Waals surface area contributed by atoms with Gasteiger partial charge < -0.3 is 19.7 Å². The van der Waals surface area contributed by atoms with E-state index in [2.05, 4.69) is 22.1 Å². The lowest BCUT2D eigenvalue weighted by molar-refractivity contribution is -0.00523. The lowest BCUT2D eigenvalue weighted by Crippen LogP contribution is -2.45. The molecule has 6 heteroatoms. The van der Waals surface area contributed by atoms with Gasteiger partial charge in [-0.2, -0.15) is 0 Å². The van der Waals surface area contributed by atoms with E-state index in [-0.39, 0.29) is 24.1 Å². The van der Waals surface area contributed by atoms with Gasteiger partial charge in [-0.15, -0.1) is 0 Å². The van der Waals surface area contributed by atoms with Gasteiger partial charge in [0.2, 0.25) is 5.88 Å². The van der Waals surface area contributed by atoms with Crippen molar-refractivity contribution >= 4 is 11.4 Å². The van der Waals surface area contributed by atoms with Gasteiger partial charge in [-0.25, -0.2) is 9.37 Å². The Morgan fingerprint density at radius 2 is 2.00 bits per heavy atom. The Labute approximate surface area is 160 Å². The molecule has 0 amide bonds. The second kappa shape index (κ2) is 8.57. The van der Waals surface area contributed by atoms with E-state index in [1.165, 1.54) is 0 Å². The molecule has 1 saturated heterocycles. The smallest absolute Gasteiger partial charge is 0.212 e. The summed E-state index contributed by atoms with van der Waals surface area (Å²) in [6.45, 7) is 7.70. The third kappa shape index (κ3) is 5.32. The molecule has 27 heavy (non-hydrogen) atoms. The number of benzene rings is 1. The lowest BCUT2D eigenvalue weighted by atomic mass is 10.1. The van der Waals surface area contributed by atoms with Crippen LogP contribution in [0, 0.1) is 5.82 Å². The van der Waals surface area contributed by atoms with E-state index in [1.807, 2.05) is 38.2 Å². The third-order valence-electron chi connectivity index (χ3n) is 4.63. The number of rotatable bonds is 6. The average Bonchev–Trinajstić information content (AvgIpc) is 2.61. The van der Waals surface area contributed by atoms with Crippen molar-refractivity contribution in [2.75, 3.05) is 30.4 Å². The van der Waals surface area contributed by atoms with Crippen LogP contribution in [0.15, 0.2) is 36.5 Å². The minimum absolute atomic E-state index is 0.134. The normalized spacial score (nSPS) is 21.0. The maximum absolute atomic E-state index is 14.2. The number of aromatic nitrogens is 1. The van der Waals surface area contributed by atoms with Crippen molar-refractivity contribution in [3.8, 4) is 5.88 Å². The van der Waals surface area contributed by atoms with Crippen LogP contribution >= 0.6 is 0 Å². The van der Waals surface area contributed by atoms with Crippen molar-refractivity contribution in [3.63, 3.8) is 0 Å². The van der Waals surface area contributed by atoms with E-state index < -0.39 is 0 Å². The van der Waals surface area contributed by atoms with Gasteiger partial charge in [-0.1, -0.05) is 6.07 Å². The lowest BCUT2D eigenvalue weighted by Gasteiger charge is -2.37. The molecule has 5 nitrogen and oxygen atoms in total. The monoisotopic (exact) mass is 373 g/mol. The highest BCUT2D eigenvalue weighted by atomic mass is 19.1. The van der Waals surface area contributed by atoms with E-state index in [0.29, 0.717) is 5.88 Å². The second-order valence-corrected chi connectivity index (χ2v) is 7.32. The number of morpholine rings is 1. The number of nitrogens with zero attached hydrogens (tertiary/aromatic N) is 2. The van der Waals surface area contributed by atoms with Gasteiger partial charge in [-0.05, 0) is 51.0 Å². The van der Waals surface area contributed by atoms with Crippen LogP contribution in [-0.2, 0) is 11.2 Å². The molecule has 0 saturated carbocycles. The van der Waals surface area contributed by atoms with Gasteiger partial charge in [0, 0.05) is 42.8 Å². The van der Waals surface area contributed by atoms with E-state index in [9.17, 15) is 4.39 Å². The Bertz CT molecular complexity index is 744. The molecular formula is C21H28FN3O2. The molecule has 0 bridgehead atoms. The van der Waals surface area contributed by atoms with Gasteiger partial charge in [0.25, 0.3) is 0 Å². The van der Waals surface area contributed by atoms with Crippen LogP contribution in [0.5, 0.6) is 5.88 Å². The van der Waals surface area contributed by atoms with Crippen LogP contribution in [0.1, 0.15) is 26.3 Å². The summed E-state index contributed by atoms with van der Waals surface area (Å²) in [6.07, 6.45) is 2.86. The Hall–Kier alpha value is -2.34. The molecule has 3 atom stereocenters. The standard InChI is InChI=1S/C21H28FN3O2/c1-14(7-17-5-6-21(26-4)23-11-17)24-19-8-18(22)9-20(10-19)25-12-15(2)27-16(3)13-25/h5-6,8-11,14-16,24H,7,12-13H2,1-4H3/t14?,15-,16+. The summed E-state index contributed by atoms with van der Waals surface area (Å²) in [6, 6.07) is 9.13. The zero-order chi connectivity index (χ0) is 19.4. The number of halogens is 1. The first-order valence-electron chi connectivity index (χ1n) is 9.39. The van der Waals surface area contributed by atoms with Gasteiger partial charge in [-0.3, -0.25) is 0 Å². The molecule has 2 aromatic rings. The predicted octanol–water partition coefficient (Wildman–Crippen LogP) is 3.89. The van der Waals surface area contributed by atoms with Gasteiger partial charge in [0.1, 0.15) is 5.82 Å². The van der Waals surface area contributed by atoms with E-state index >= 15 is 0 Å². The maximum Gasteiger partial charge on any atom is 0.212 e. The van der Waals surface area contributed by atoms with E-state index in [0.717, 1.165) is 36.4 Å². The van der Waals surface area contributed by atoms with Gasteiger partial charge in [0.15, 0.2) is 0 Å². The van der Waals surface area contributed by atoms with Crippen LogP contribution in [-0.4, -0.2) is 43.4 Å². The molecule has 3 rings (SSSR count). The molecule has 1 fully saturated rings. The molecule has 146 valence electrons. The zero-order valence-electron chi connectivity index (χ0n) is 16.4. The van der Waals surface area contributed by atoms with Crippen LogP contribution in [0.4, 0.5) is 15.8 Å².